The standard InChI is InChI=1S/C15H10N4O2/c16-11-15(12-5-3-1-2-4-6-12)18-17-13-7-9-14(10-8-13)19(20)21/h1-10H. The van der Waals surface area contributed by atoms with Crippen molar-refractivity contribution in [3.63, 3.8) is 0 Å². The number of allylic oxidation sites excluding steroid dienone is 8. The van der Waals surface area contributed by atoms with Crippen LogP contribution in [0.5, 0.6) is 0 Å². The zero-order chi connectivity index (χ0) is 15.1. The average molecular weight is 278 g/mol. The molecule has 1 aromatic rings. The Hall–Kier alpha value is -3.33. The van der Waals surface area contributed by atoms with E-state index in [2.05, 4.69) is 10.2 Å². The van der Waals surface area contributed by atoms with Crippen LogP contribution in [0.3, 0.4) is 0 Å². The van der Waals surface area contributed by atoms with Gasteiger partial charge in [-0.3, -0.25) is 10.1 Å². The normalized spacial score (nSPS) is 13.2. The fraction of sp³-hybridized carbons (Fsp3) is 0. The van der Waals surface area contributed by atoms with Gasteiger partial charge in [0, 0.05) is 17.7 Å². The van der Waals surface area contributed by atoms with Gasteiger partial charge in [-0.05, 0) is 12.1 Å². The van der Waals surface area contributed by atoms with Crippen LogP contribution in [0.4, 0.5) is 11.4 Å². The lowest BCUT2D eigenvalue weighted by Crippen LogP contribution is -1.85. The Bertz CT molecular complexity index is 714. The molecule has 1 aliphatic rings. The minimum atomic E-state index is -0.488. The van der Waals surface area contributed by atoms with Gasteiger partial charge in [0.1, 0.15) is 6.07 Å². The lowest BCUT2D eigenvalue weighted by atomic mass is 10.2. The molecule has 0 aliphatic heterocycles. The van der Waals surface area contributed by atoms with Crippen molar-refractivity contribution in [2.24, 2.45) is 10.2 Å². The molecule has 0 bridgehead atoms. The van der Waals surface area contributed by atoms with Gasteiger partial charge >= 0.3 is 0 Å². The number of nitro groups is 1. The summed E-state index contributed by atoms with van der Waals surface area (Å²) in [4.78, 5) is 10.1. The van der Waals surface area contributed by atoms with E-state index in [0.717, 1.165) is 0 Å². The van der Waals surface area contributed by atoms with Crippen molar-refractivity contribution >= 4 is 11.4 Å². The van der Waals surface area contributed by atoms with Gasteiger partial charge in [0.2, 0.25) is 0 Å². The molecule has 1 aromatic carbocycles. The topological polar surface area (TPSA) is 91.7 Å². The zero-order valence-corrected chi connectivity index (χ0v) is 10.9. The molecular weight excluding hydrogens is 268 g/mol. The van der Waals surface area contributed by atoms with E-state index in [1.54, 1.807) is 24.3 Å². The number of non-ortho nitro benzene ring substituents is 1. The first-order valence-electron chi connectivity index (χ1n) is 6.02. The number of nitro benzene ring substituents is 1. The Morgan fingerprint density at radius 1 is 1.10 bits per heavy atom. The summed E-state index contributed by atoms with van der Waals surface area (Å²) >= 11 is 0. The minimum absolute atomic E-state index is 0.0199. The highest BCUT2D eigenvalue weighted by Gasteiger charge is 2.04. The second-order valence-corrected chi connectivity index (χ2v) is 3.99. The average Bonchev–Trinajstić information content (AvgIpc) is 2.78. The maximum Gasteiger partial charge on any atom is 0.269 e. The van der Waals surface area contributed by atoms with Gasteiger partial charge in [-0.2, -0.15) is 5.26 Å². The largest absolute Gasteiger partial charge is 0.269 e. The van der Waals surface area contributed by atoms with Crippen molar-refractivity contribution < 1.29 is 4.92 Å². The van der Waals surface area contributed by atoms with E-state index in [1.807, 2.05) is 18.2 Å². The van der Waals surface area contributed by atoms with Crippen molar-refractivity contribution in [2.75, 3.05) is 0 Å². The molecule has 0 unspecified atom stereocenters. The quantitative estimate of drug-likeness (QED) is 0.360. The lowest BCUT2D eigenvalue weighted by Gasteiger charge is -1.95. The monoisotopic (exact) mass is 278 g/mol. The molecule has 0 saturated carbocycles. The molecule has 102 valence electrons. The zero-order valence-electron chi connectivity index (χ0n) is 10.9. The molecule has 6 nitrogen and oxygen atoms in total. The summed E-state index contributed by atoms with van der Waals surface area (Å²) in [6, 6.07) is 7.60. The summed E-state index contributed by atoms with van der Waals surface area (Å²) in [5.41, 5.74) is 1.24. The molecule has 0 atom stereocenters. The first kappa shape index (κ1) is 14.1. The number of nitriles is 1. The number of benzene rings is 1. The number of hydrogen-bond donors (Lipinski definition) is 0. The van der Waals surface area contributed by atoms with E-state index in [4.69, 9.17) is 5.26 Å². The van der Waals surface area contributed by atoms with Crippen molar-refractivity contribution in [3.8, 4) is 6.07 Å². The summed E-state index contributed by atoms with van der Waals surface area (Å²) in [5, 5.41) is 27.5. The van der Waals surface area contributed by atoms with Crippen LogP contribution in [0.25, 0.3) is 0 Å². The third-order valence-electron chi connectivity index (χ3n) is 2.59. The predicted octanol–water partition coefficient (Wildman–Crippen LogP) is 4.14. The number of hydrogen-bond acceptors (Lipinski definition) is 5. The Labute approximate surface area is 120 Å². The molecule has 0 aromatic heterocycles. The van der Waals surface area contributed by atoms with E-state index in [9.17, 15) is 10.1 Å². The van der Waals surface area contributed by atoms with Gasteiger partial charge in [-0.15, -0.1) is 10.2 Å². The maximum atomic E-state index is 10.5. The maximum absolute atomic E-state index is 10.5. The molecule has 1 aliphatic carbocycles. The highest BCUT2D eigenvalue weighted by Crippen LogP contribution is 2.20. The molecule has 0 fully saturated rings. The minimum Gasteiger partial charge on any atom is -0.258 e. The van der Waals surface area contributed by atoms with Crippen LogP contribution in [0.1, 0.15) is 0 Å². The highest BCUT2D eigenvalue weighted by molar-refractivity contribution is 5.46. The Morgan fingerprint density at radius 2 is 1.71 bits per heavy atom. The van der Waals surface area contributed by atoms with Crippen molar-refractivity contribution in [2.45, 2.75) is 0 Å². The van der Waals surface area contributed by atoms with Crippen LogP contribution >= 0.6 is 0 Å². The van der Waals surface area contributed by atoms with Crippen LogP contribution in [-0.2, 0) is 0 Å². The molecule has 0 N–H and O–H groups in total. The van der Waals surface area contributed by atoms with Crippen LogP contribution < -0.4 is 0 Å². The van der Waals surface area contributed by atoms with Crippen molar-refractivity contribution in [1.29, 1.82) is 5.26 Å². The number of azo groups is 1. The summed E-state index contributed by atoms with van der Waals surface area (Å²) in [6.07, 6.45) is 10.8. The second kappa shape index (κ2) is 6.73. The highest BCUT2D eigenvalue weighted by atomic mass is 16.6. The third kappa shape index (κ3) is 3.81. The molecule has 2 rings (SSSR count). The van der Waals surface area contributed by atoms with Gasteiger partial charge in [-0.1, -0.05) is 36.5 Å². The first-order chi connectivity index (χ1) is 10.2. The van der Waals surface area contributed by atoms with Crippen molar-refractivity contribution in [3.05, 3.63) is 82.1 Å². The van der Waals surface area contributed by atoms with Crippen LogP contribution in [0, 0.1) is 21.4 Å². The smallest absolute Gasteiger partial charge is 0.258 e. The Kier molecular flexibility index (Phi) is 4.51. The first-order valence-corrected chi connectivity index (χ1v) is 6.02. The van der Waals surface area contributed by atoms with Crippen LogP contribution in [0.15, 0.2) is 82.2 Å². The Morgan fingerprint density at radius 3 is 2.24 bits per heavy atom. The van der Waals surface area contributed by atoms with E-state index in [1.165, 1.54) is 24.3 Å². The van der Waals surface area contributed by atoms with Crippen LogP contribution in [0.2, 0.25) is 0 Å². The predicted molar refractivity (Wildman–Crippen MR) is 77.7 cm³/mol. The second-order valence-electron chi connectivity index (χ2n) is 3.99. The number of nitrogens with zero attached hydrogens (tertiary/aromatic N) is 4. The molecule has 0 saturated heterocycles. The summed E-state index contributed by atoms with van der Waals surface area (Å²) in [6.45, 7) is 0. The van der Waals surface area contributed by atoms with Gasteiger partial charge in [-0.25, -0.2) is 0 Å². The van der Waals surface area contributed by atoms with Gasteiger partial charge in [0.15, 0.2) is 5.70 Å². The van der Waals surface area contributed by atoms with Gasteiger partial charge < -0.3 is 0 Å². The fourth-order valence-corrected chi connectivity index (χ4v) is 1.55. The summed E-state index contributed by atoms with van der Waals surface area (Å²) < 4.78 is 0. The van der Waals surface area contributed by atoms with E-state index in [0.29, 0.717) is 11.3 Å². The Balaban J connectivity index is 2.24. The molecule has 0 radical (unpaired) electrons. The molecule has 0 amide bonds. The molecular formula is C15H10N4O2. The van der Waals surface area contributed by atoms with Gasteiger partial charge in [0.25, 0.3) is 5.69 Å². The van der Waals surface area contributed by atoms with Crippen molar-refractivity contribution in [1.82, 2.24) is 0 Å². The van der Waals surface area contributed by atoms with E-state index in [-0.39, 0.29) is 11.4 Å². The SMILES string of the molecule is N#CC(N=Nc1ccc([N+](=O)[O-])cc1)=C1C=CC=CC=C1. The lowest BCUT2D eigenvalue weighted by molar-refractivity contribution is -0.384. The van der Waals surface area contributed by atoms with E-state index >= 15 is 0 Å². The van der Waals surface area contributed by atoms with E-state index < -0.39 is 4.92 Å². The summed E-state index contributed by atoms with van der Waals surface area (Å²) in [5.74, 6) is 0. The molecule has 0 spiro atoms. The molecule has 6 heteroatoms. The third-order valence-corrected chi connectivity index (χ3v) is 2.59. The fourth-order valence-electron chi connectivity index (χ4n) is 1.55. The molecule has 21 heavy (non-hydrogen) atoms. The number of rotatable bonds is 3. The summed E-state index contributed by atoms with van der Waals surface area (Å²) in [7, 11) is 0. The van der Waals surface area contributed by atoms with Gasteiger partial charge in [0.05, 0.1) is 10.6 Å². The molecule has 0 heterocycles. The van der Waals surface area contributed by atoms with Crippen LogP contribution in [-0.4, -0.2) is 4.92 Å².